The maximum absolute atomic E-state index is 12.0. The highest BCUT2D eigenvalue weighted by molar-refractivity contribution is 7.12. The lowest BCUT2D eigenvalue weighted by atomic mass is 10.1. The third kappa shape index (κ3) is 5.81. The summed E-state index contributed by atoms with van der Waals surface area (Å²) in [6.45, 7) is 1.67. The Bertz CT molecular complexity index is 784. The number of hydrogen-bond donors (Lipinski definition) is 1. The Balaban J connectivity index is 1.45. The quantitative estimate of drug-likeness (QED) is 0.614. The van der Waals surface area contributed by atoms with Gasteiger partial charge in [-0.25, -0.2) is 0 Å². The van der Waals surface area contributed by atoms with Gasteiger partial charge in [-0.2, -0.15) is 0 Å². The number of hydrogen-bond acceptors (Lipinski definition) is 6. The molecule has 150 valence electrons. The number of nitrogens with one attached hydrogen (secondary N) is 1. The van der Waals surface area contributed by atoms with Crippen molar-refractivity contribution in [2.24, 2.45) is 0 Å². The molecule has 1 unspecified atom stereocenters. The van der Waals surface area contributed by atoms with E-state index in [1.54, 1.807) is 13.2 Å². The molecule has 6 nitrogen and oxygen atoms in total. The zero-order valence-corrected chi connectivity index (χ0v) is 16.8. The van der Waals surface area contributed by atoms with Crippen molar-refractivity contribution < 1.29 is 23.8 Å². The van der Waals surface area contributed by atoms with Crippen LogP contribution in [-0.2, 0) is 16.1 Å². The van der Waals surface area contributed by atoms with Gasteiger partial charge in [-0.05, 0) is 42.0 Å². The first-order valence-electron chi connectivity index (χ1n) is 9.40. The molecule has 1 N–H and O–H groups in total. The molecule has 1 amide bonds. The van der Waals surface area contributed by atoms with Gasteiger partial charge in [-0.15, -0.1) is 11.3 Å². The molecule has 1 aliphatic heterocycles. The monoisotopic (exact) mass is 403 g/mol. The average Bonchev–Trinajstić information content (AvgIpc) is 3.43. The normalized spacial score (nSPS) is 16.0. The maximum atomic E-state index is 12.0. The first kappa shape index (κ1) is 20.4. The van der Waals surface area contributed by atoms with E-state index in [1.807, 2.05) is 29.6 Å². The molecule has 0 saturated carbocycles. The Labute approximate surface area is 168 Å². The predicted octanol–water partition coefficient (Wildman–Crippen LogP) is 3.59. The highest BCUT2D eigenvalue weighted by atomic mass is 32.1. The average molecular weight is 404 g/mol. The summed E-state index contributed by atoms with van der Waals surface area (Å²) in [5, 5.41) is 4.70. The van der Waals surface area contributed by atoms with E-state index in [2.05, 4.69) is 5.32 Å². The van der Waals surface area contributed by atoms with E-state index in [9.17, 15) is 9.59 Å². The van der Waals surface area contributed by atoms with E-state index in [0.29, 0.717) is 29.5 Å². The van der Waals surface area contributed by atoms with Crippen LogP contribution in [0.15, 0.2) is 35.7 Å². The Morgan fingerprint density at radius 3 is 2.86 bits per heavy atom. The molecule has 0 aliphatic carbocycles. The third-order valence-electron chi connectivity index (χ3n) is 4.54. The summed E-state index contributed by atoms with van der Waals surface area (Å²) in [7, 11) is 1.59. The van der Waals surface area contributed by atoms with Gasteiger partial charge in [0.05, 0.1) is 18.1 Å². The van der Waals surface area contributed by atoms with Crippen molar-refractivity contribution in [3.05, 3.63) is 46.2 Å². The van der Waals surface area contributed by atoms with Gasteiger partial charge in [0, 0.05) is 26.0 Å². The molecule has 3 rings (SSSR count). The van der Waals surface area contributed by atoms with Gasteiger partial charge in [-0.3, -0.25) is 9.59 Å². The van der Waals surface area contributed by atoms with Crippen LogP contribution < -0.4 is 14.8 Å². The molecular weight excluding hydrogens is 378 g/mol. The molecule has 1 aliphatic rings. The highest BCUT2D eigenvalue weighted by Crippen LogP contribution is 2.29. The molecule has 2 heterocycles. The third-order valence-corrected chi connectivity index (χ3v) is 5.45. The number of ether oxygens (including phenoxy) is 3. The number of rotatable bonds is 10. The molecule has 1 aromatic carbocycles. The topological polar surface area (TPSA) is 73.9 Å². The standard InChI is InChI=1S/C21H25NO5S/c1-25-19-12-15(6-8-18(19)27-14-16-4-2-10-26-16)13-22-21(24)9-7-17(23)20-5-3-11-28-20/h3,5-6,8,11-12,16H,2,4,7,9-10,13-14H2,1H3,(H,22,24). The molecule has 0 spiro atoms. The number of methoxy groups -OCH3 is 1. The van der Waals surface area contributed by atoms with E-state index < -0.39 is 0 Å². The van der Waals surface area contributed by atoms with Crippen LogP contribution in [0.2, 0.25) is 0 Å². The zero-order chi connectivity index (χ0) is 19.8. The Kier molecular flexibility index (Phi) is 7.45. The molecule has 1 fully saturated rings. The van der Waals surface area contributed by atoms with Crippen molar-refractivity contribution in [3.63, 3.8) is 0 Å². The lowest BCUT2D eigenvalue weighted by molar-refractivity contribution is -0.121. The first-order valence-corrected chi connectivity index (χ1v) is 10.3. The van der Waals surface area contributed by atoms with E-state index >= 15 is 0 Å². The second-order valence-corrected chi connectivity index (χ2v) is 7.56. The van der Waals surface area contributed by atoms with Crippen LogP contribution in [-0.4, -0.2) is 38.1 Å². The number of carbonyl (C=O) groups excluding carboxylic acids is 2. The van der Waals surface area contributed by atoms with E-state index in [-0.39, 0.29) is 30.6 Å². The summed E-state index contributed by atoms with van der Waals surface area (Å²) in [4.78, 5) is 24.7. The van der Waals surface area contributed by atoms with Crippen molar-refractivity contribution in [1.29, 1.82) is 0 Å². The molecule has 1 aromatic heterocycles. The summed E-state index contributed by atoms with van der Waals surface area (Å²) in [6.07, 6.45) is 2.62. The Hall–Kier alpha value is -2.38. The van der Waals surface area contributed by atoms with Crippen LogP contribution in [0.5, 0.6) is 11.5 Å². The number of Topliss-reactive ketones (excluding diaryl/α,β-unsaturated/α-hetero) is 1. The molecule has 0 radical (unpaired) electrons. The second kappa shape index (κ2) is 10.2. The Morgan fingerprint density at radius 2 is 2.14 bits per heavy atom. The molecule has 2 aromatic rings. The van der Waals surface area contributed by atoms with E-state index in [0.717, 1.165) is 25.0 Å². The van der Waals surface area contributed by atoms with Gasteiger partial charge < -0.3 is 19.5 Å². The fourth-order valence-corrected chi connectivity index (χ4v) is 3.67. The van der Waals surface area contributed by atoms with Crippen molar-refractivity contribution >= 4 is 23.0 Å². The summed E-state index contributed by atoms with van der Waals surface area (Å²) in [5.41, 5.74) is 0.902. The van der Waals surface area contributed by atoms with Gasteiger partial charge in [0.15, 0.2) is 17.3 Å². The largest absolute Gasteiger partial charge is 0.493 e. The predicted molar refractivity (Wildman–Crippen MR) is 107 cm³/mol. The molecule has 0 bridgehead atoms. The van der Waals surface area contributed by atoms with E-state index in [1.165, 1.54) is 11.3 Å². The lowest BCUT2D eigenvalue weighted by Crippen LogP contribution is -2.23. The second-order valence-electron chi connectivity index (χ2n) is 6.61. The van der Waals surface area contributed by atoms with Crippen LogP contribution in [0, 0.1) is 0 Å². The minimum atomic E-state index is -0.150. The van der Waals surface area contributed by atoms with Gasteiger partial charge in [0.25, 0.3) is 0 Å². The zero-order valence-electron chi connectivity index (χ0n) is 15.9. The summed E-state index contributed by atoms with van der Waals surface area (Å²) < 4.78 is 16.8. The first-order chi connectivity index (χ1) is 13.7. The van der Waals surface area contributed by atoms with Gasteiger partial charge >= 0.3 is 0 Å². The fraction of sp³-hybridized carbons (Fsp3) is 0.429. The SMILES string of the molecule is COc1cc(CNC(=O)CCC(=O)c2cccs2)ccc1OCC1CCCO1. The van der Waals surface area contributed by atoms with Gasteiger partial charge in [-0.1, -0.05) is 12.1 Å². The maximum Gasteiger partial charge on any atom is 0.220 e. The summed E-state index contributed by atoms with van der Waals surface area (Å²) >= 11 is 1.40. The van der Waals surface area contributed by atoms with Crippen molar-refractivity contribution in [2.75, 3.05) is 20.3 Å². The van der Waals surface area contributed by atoms with Crippen molar-refractivity contribution in [2.45, 2.75) is 38.3 Å². The van der Waals surface area contributed by atoms with Crippen LogP contribution in [0.25, 0.3) is 0 Å². The number of benzene rings is 1. The smallest absolute Gasteiger partial charge is 0.220 e. The molecular formula is C21H25NO5S. The number of ketones is 1. The molecule has 1 atom stereocenters. The fourth-order valence-electron chi connectivity index (χ4n) is 2.98. The molecule has 1 saturated heterocycles. The number of amides is 1. The van der Waals surface area contributed by atoms with Gasteiger partial charge in [0.1, 0.15) is 6.61 Å². The Morgan fingerprint density at radius 1 is 1.25 bits per heavy atom. The molecule has 28 heavy (non-hydrogen) atoms. The minimum Gasteiger partial charge on any atom is -0.493 e. The lowest BCUT2D eigenvalue weighted by Gasteiger charge is -2.15. The number of thiophene rings is 1. The highest BCUT2D eigenvalue weighted by Gasteiger charge is 2.17. The van der Waals surface area contributed by atoms with Crippen molar-refractivity contribution in [1.82, 2.24) is 5.32 Å². The summed E-state index contributed by atoms with van der Waals surface area (Å²) in [5.74, 6) is 1.13. The van der Waals surface area contributed by atoms with Crippen molar-refractivity contribution in [3.8, 4) is 11.5 Å². The minimum absolute atomic E-state index is 0.000404. The van der Waals surface area contributed by atoms with Crippen LogP contribution >= 0.6 is 11.3 Å². The number of carbonyl (C=O) groups is 2. The summed E-state index contributed by atoms with van der Waals surface area (Å²) in [6, 6.07) is 9.20. The molecule has 7 heteroatoms. The van der Waals surface area contributed by atoms with Crippen LogP contribution in [0.1, 0.15) is 40.9 Å². The van der Waals surface area contributed by atoms with Gasteiger partial charge in [0.2, 0.25) is 5.91 Å². The van der Waals surface area contributed by atoms with Crippen LogP contribution in [0.4, 0.5) is 0 Å². The van der Waals surface area contributed by atoms with Crippen LogP contribution in [0.3, 0.4) is 0 Å². The van der Waals surface area contributed by atoms with E-state index in [4.69, 9.17) is 14.2 Å².